The van der Waals surface area contributed by atoms with Crippen molar-refractivity contribution in [3.63, 3.8) is 0 Å². The monoisotopic (exact) mass is 423 g/mol. The Morgan fingerprint density at radius 3 is 2.15 bits per heavy atom. The Balaban J connectivity index is 2.16. The van der Waals surface area contributed by atoms with Gasteiger partial charge in [0, 0.05) is 37.3 Å². The number of ketones is 1. The van der Waals surface area contributed by atoms with E-state index < -0.39 is 5.41 Å². The van der Waals surface area contributed by atoms with Crippen LogP contribution in [0, 0.1) is 19.3 Å². The molecule has 0 aliphatic carbocycles. The summed E-state index contributed by atoms with van der Waals surface area (Å²) in [7, 11) is 1.36. The molecule has 1 saturated heterocycles. The van der Waals surface area contributed by atoms with E-state index in [0.29, 0.717) is 32.4 Å². The maximum Gasteiger partial charge on any atom is 0.312 e. The maximum absolute atomic E-state index is 12.8. The van der Waals surface area contributed by atoms with Crippen LogP contribution in [-0.2, 0) is 25.5 Å². The van der Waals surface area contributed by atoms with E-state index in [1.165, 1.54) is 14.0 Å². The fourth-order valence-corrected chi connectivity index (χ4v) is 4.46. The van der Waals surface area contributed by atoms with Crippen molar-refractivity contribution in [1.29, 1.82) is 0 Å². The molecule has 0 radical (unpaired) electrons. The summed E-state index contributed by atoms with van der Waals surface area (Å²) in [6.07, 6.45) is 1.38. The van der Waals surface area contributed by atoms with E-state index in [1.807, 2.05) is 26.0 Å². The third-order valence-corrected chi connectivity index (χ3v) is 5.81. The number of rotatable bonds is 5. The molecule has 1 amide bonds. The zero-order valence-electron chi connectivity index (χ0n) is 15.9. The fourth-order valence-electron chi connectivity index (χ4n) is 3.78. The molecule has 0 unspecified atom stereocenters. The minimum Gasteiger partial charge on any atom is -0.469 e. The van der Waals surface area contributed by atoms with Crippen LogP contribution < -0.4 is 0 Å². The molecule has 0 spiro atoms. The molecule has 5 nitrogen and oxygen atoms in total. The number of nitrogens with zero attached hydrogens (tertiary/aromatic N) is 1. The van der Waals surface area contributed by atoms with E-state index >= 15 is 0 Å². The second-order valence-electron chi connectivity index (χ2n) is 7.19. The molecule has 0 saturated carbocycles. The summed E-state index contributed by atoms with van der Waals surface area (Å²) in [4.78, 5) is 38.5. The Labute approximate surface area is 163 Å². The molecule has 1 aliphatic rings. The number of carbonyl (C=O) groups is 3. The van der Waals surface area contributed by atoms with Crippen LogP contribution in [0.15, 0.2) is 16.6 Å². The number of amides is 1. The molecule has 1 aliphatic heterocycles. The first kappa shape index (κ1) is 20.6. The molecule has 2 rings (SSSR count). The van der Waals surface area contributed by atoms with Crippen molar-refractivity contribution in [3.8, 4) is 0 Å². The van der Waals surface area contributed by atoms with Gasteiger partial charge in [0.1, 0.15) is 5.78 Å². The topological polar surface area (TPSA) is 63.7 Å². The number of Topliss-reactive ketones (excluding diaryl/α,β-unsaturated/α-hetero) is 1. The third-order valence-electron chi connectivity index (χ3n) is 5.35. The van der Waals surface area contributed by atoms with Gasteiger partial charge in [-0.25, -0.2) is 0 Å². The number of hydrogen-bond acceptors (Lipinski definition) is 4. The minimum atomic E-state index is -0.824. The first-order chi connectivity index (χ1) is 12.2. The molecule has 0 N–H and O–H groups in total. The van der Waals surface area contributed by atoms with Crippen molar-refractivity contribution in [3.05, 3.63) is 33.3 Å². The molecule has 1 heterocycles. The highest BCUT2D eigenvalue weighted by molar-refractivity contribution is 9.10. The summed E-state index contributed by atoms with van der Waals surface area (Å²) < 4.78 is 5.99. The van der Waals surface area contributed by atoms with E-state index in [-0.39, 0.29) is 24.1 Å². The number of esters is 1. The van der Waals surface area contributed by atoms with Crippen molar-refractivity contribution in [2.75, 3.05) is 20.2 Å². The van der Waals surface area contributed by atoms with Gasteiger partial charge in [-0.2, -0.15) is 0 Å². The van der Waals surface area contributed by atoms with Crippen LogP contribution in [0.4, 0.5) is 0 Å². The highest BCUT2D eigenvalue weighted by Crippen LogP contribution is 2.37. The Morgan fingerprint density at radius 1 is 1.15 bits per heavy atom. The van der Waals surface area contributed by atoms with Gasteiger partial charge in [0.2, 0.25) is 5.91 Å². The van der Waals surface area contributed by atoms with Gasteiger partial charge >= 0.3 is 5.97 Å². The first-order valence-corrected chi connectivity index (χ1v) is 9.59. The van der Waals surface area contributed by atoms with E-state index in [9.17, 15) is 14.4 Å². The number of aryl methyl sites for hydroxylation is 2. The lowest BCUT2D eigenvalue weighted by molar-refractivity contribution is -0.159. The Kier molecular flexibility index (Phi) is 6.61. The maximum atomic E-state index is 12.8. The smallest absolute Gasteiger partial charge is 0.312 e. The lowest BCUT2D eigenvalue weighted by atomic mass is 9.73. The van der Waals surface area contributed by atoms with Crippen molar-refractivity contribution in [2.24, 2.45) is 5.41 Å². The number of piperidine rings is 1. The number of ether oxygens (including phenoxy) is 1. The summed E-state index contributed by atoms with van der Waals surface area (Å²) in [6, 6.07) is 3.99. The van der Waals surface area contributed by atoms with Gasteiger partial charge in [-0.15, -0.1) is 0 Å². The van der Waals surface area contributed by atoms with Crippen LogP contribution in [0.2, 0.25) is 0 Å². The van der Waals surface area contributed by atoms with Gasteiger partial charge in [-0.05, 0) is 55.5 Å². The quantitative estimate of drug-likeness (QED) is 0.680. The Bertz CT molecular complexity index is 698. The van der Waals surface area contributed by atoms with Gasteiger partial charge in [0.05, 0.1) is 12.5 Å². The number of likely N-dealkylation sites (tertiary alicyclic amines) is 1. The van der Waals surface area contributed by atoms with Gasteiger partial charge in [-0.3, -0.25) is 14.4 Å². The average molecular weight is 424 g/mol. The SMILES string of the molecule is COC(=O)C1(CC(=O)Cc2c(C)cc(Br)cc2C)CCN(C(C)=O)CC1. The molecule has 142 valence electrons. The number of benzene rings is 1. The van der Waals surface area contributed by atoms with Crippen molar-refractivity contribution < 1.29 is 19.1 Å². The summed E-state index contributed by atoms with van der Waals surface area (Å²) in [5.74, 6) is -0.325. The second-order valence-corrected chi connectivity index (χ2v) is 8.10. The van der Waals surface area contributed by atoms with E-state index in [0.717, 1.165) is 21.2 Å². The van der Waals surface area contributed by atoms with E-state index in [1.54, 1.807) is 4.90 Å². The zero-order valence-corrected chi connectivity index (χ0v) is 17.4. The molecule has 0 bridgehead atoms. The molecule has 1 aromatic rings. The van der Waals surface area contributed by atoms with Crippen LogP contribution in [-0.4, -0.2) is 42.8 Å². The molecular formula is C20H26BrNO4. The number of halogens is 1. The van der Waals surface area contributed by atoms with Gasteiger partial charge in [0.15, 0.2) is 0 Å². The molecule has 6 heteroatoms. The molecular weight excluding hydrogens is 398 g/mol. The van der Waals surface area contributed by atoms with Crippen molar-refractivity contribution in [1.82, 2.24) is 4.90 Å². The van der Waals surface area contributed by atoms with Gasteiger partial charge in [0.25, 0.3) is 0 Å². The van der Waals surface area contributed by atoms with Crippen molar-refractivity contribution >= 4 is 33.6 Å². The number of methoxy groups -OCH3 is 1. The van der Waals surface area contributed by atoms with E-state index in [4.69, 9.17) is 4.74 Å². The van der Waals surface area contributed by atoms with E-state index in [2.05, 4.69) is 15.9 Å². The second kappa shape index (κ2) is 8.33. The summed E-state index contributed by atoms with van der Waals surface area (Å²) in [5.41, 5.74) is 2.31. The number of carbonyl (C=O) groups excluding carboxylic acids is 3. The van der Waals surface area contributed by atoms with Gasteiger partial charge in [-0.1, -0.05) is 15.9 Å². The average Bonchev–Trinajstić information content (AvgIpc) is 2.57. The molecule has 0 atom stereocenters. The Hall–Kier alpha value is -1.69. The van der Waals surface area contributed by atoms with Crippen LogP contribution in [0.5, 0.6) is 0 Å². The molecule has 26 heavy (non-hydrogen) atoms. The third kappa shape index (κ3) is 4.53. The number of hydrogen-bond donors (Lipinski definition) is 0. The van der Waals surface area contributed by atoms with Crippen LogP contribution >= 0.6 is 15.9 Å². The minimum absolute atomic E-state index is 0.00379. The highest BCUT2D eigenvalue weighted by Gasteiger charge is 2.44. The molecule has 0 aromatic heterocycles. The summed E-state index contributed by atoms with van der Waals surface area (Å²) >= 11 is 3.47. The highest BCUT2D eigenvalue weighted by atomic mass is 79.9. The largest absolute Gasteiger partial charge is 0.469 e. The first-order valence-electron chi connectivity index (χ1n) is 8.80. The Morgan fingerprint density at radius 2 is 1.69 bits per heavy atom. The van der Waals surface area contributed by atoms with Crippen LogP contribution in [0.1, 0.15) is 42.9 Å². The van der Waals surface area contributed by atoms with Crippen molar-refractivity contribution in [2.45, 2.75) is 46.5 Å². The molecule has 1 aromatic carbocycles. The normalized spacial score (nSPS) is 16.3. The lowest BCUT2D eigenvalue weighted by Crippen LogP contribution is -2.47. The fraction of sp³-hybridized carbons (Fsp3) is 0.550. The predicted molar refractivity (Wildman–Crippen MR) is 103 cm³/mol. The zero-order chi connectivity index (χ0) is 19.5. The van der Waals surface area contributed by atoms with Gasteiger partial charge < -0.3 is 9.64 Å². The standard InChI is InChI=1S/C20H26BrNO4/c1-13-9-16(21)10-14(2)18(13)11-17(24)12-20(19(25)26-4)5-7-22(8-6-20)15(3)23/h9-10H,5-8,11-12H2,1-4H3. The van der Waals surface area contributed by atoms with Crippen LogP contribution in [0.25, 0.3) is 0 Å². The lowest BCUT2D eigenvalue weighted by Gasteiger charge is -2.39. The summed E-state index contributed by atoms with van der Waals surface area (Å²) in [6.45, 7) is 6.46. The predicted octanol–water partition coefficient (Wildman–Crippen LogP) is 3.37. The van der Waals surface area contributed by atoms with Crippen LogP contribution in [0.3, 0.4) is 0 Å². The summed E-state index contributed by atoms with van der Waals surface area (Å²) in [5, 5.41) is 0. The molecule has 1 fully saturated rings.